The van der Waals surface area contributed by atoms with Gasteiger partial charge in [-0.3, -0.25) is 0 Å². The van der Waals surface area contributed by atoms with Gasteiger partial charge in [0.05, 0.1) is 22.9 Å². The smallest absolute Gasteiger partial charge is 0.213 e. The minimum absolute atomic E-state index is 0.175. The van der Waals surface area contributed by atoms with Gasteiger partial charge in [0.1, 0.15) is 5.76 Å². The molecule has 21 heavy (non-hydrogen) atoms. The lowest BCUT2D eigenvalue weighted by molar-refractivity contribution is 0.478. The van der Waals surface area contributed by atoms with E-state index in [1.807, 2.05) is 20.8 Å². The summed E-state index contributed by atoms with van der Waals surface area (Å²) in [6, 6.07) is 6.76. The molecule has 6 heteroatoms. The van der Waals surface area contributed by atoms with Gasteiger partial charge in [-0.05, 0) is 44.5 Å². The molecule has 0 aliphatic rings. The van der Waals surface area contributed by atoms with E-state index in [9.17, 15) is 8.42 Å². The highest BCUT2D eigenvalue weighted by molar-refractivity contribution is 7.91. The number of anilines is 1. The van der Waals surface area contributed by atoms with Gasteiger partial charge in [0.15, 0.2) is 9.84 Å². The lowest BCUT2D eigenvalue weighted by atomic mass is 10.3. The monoisotopic (exact) mass is 308 g/mol. The number of aryl methyl sites for hydroxylation is 2. The van der Waals surface area contributed by atoms with Crippen molar-refractivity contribution in [1.29, 1.82) is 0 Å². The molecule has 1 aromatic carbocycles. The van der Waals surface area contributed by atoms with Gasteiger partial charge in [-0.2, -0.15) is 0 Å². The molecular weight excluding hydrogens is 288 g/mol. The first-order valence-corrected chi connectivity index (χ1v) is 8.57. The van der Waals surface area contributed by atoms with Crippen molar-refractivity contribution in [2.24, 2.45) is 0 Å². The van der Waals surface area contributed by atoms with Crippen LogP contribution in [-0.4, -0.2) is 19.2 Å². The van der Waals surface area contributed by atoms with Crippen molar-refractivity contribution in [3.8, 4) is 0 Å². The molecule has 1 heterocycles. The van der Waals surface area contributed by atoms with E-state index in [4.69, 9.17) is 4.42 Å². The Hall–Kier alpha value is -1.82. The number of benzene rings is 1. The zero-order valence-corrected chi connectivity index (χ0v) is 13.3. The Kier molecular flexibility index (Phi) is 4.67. The van der Waals surface area contributed by atoms with Crippen LogP contribution in [0, 0.1) is 13.8 Å². The van der Waals surface area contributed by atoms with Crippen molar-refractivity contribution in [3.63, 3.8) is 0 Å². The Morgan fingerprint density at radius 1 is 1.19 bits per heavy atom. The molecule has 114 valence electrons. The van der Waals surface area contributed by atoms with Crippen molar-refractivity contribution in [2.45, 2.75) is 38.6 Å². The zero-order valence-electron chi connectivity index (χ0n) is 12.5. The summed E-state index contributed by atoms with van der Waals surface area (Å²) in [6.45, 7) is 6.10. The minimum atomic E-state index is -3.16. The number of aromatic nitrogens is 1. The van der Waals surface area contributed by atoms with Crippen LogP contribution in [-0.2, 0) is 16.4 Å². The van der Waals surface area contributed by atoms with Gasteiger partial charge in [-0.25, -0.2) is 13.4 Å². The molecule has 0 saturated heterocycles. The van der Waals surface area contributed by atoms with Crippen LogP contribution in [0.4, 0.5) is 5.69 Å². The highest BCUT2D eigenvalue weighted by atomic mass is 32.2. The SMILES string of the molecule is CCCS(=O)(=O)c1ccc(NCc2nc(C)c(C)o2)cc1. The normalized spacial score (nSPS) is 11.6. The summed E-state index contributed by atoms with van der Waals surface area (Å²) in [5.74, 6) is 1.61. The third kappa shape index (κ3) is 3.85. The standard InChI is InChI=1S/C15H20N2O3S/c1-4-9-21(18,19)14-7-5-13(6-8-14)16-10-15-17-11(2)12(3)20-15/h5-8,16H,4,9-10H2,1-3H3. The van der Waals surface area contributed by atoms with E-state index in [0.29, 0.717) is 23.8 Å². The lowest BCUT2D eigenvalue weighted by Gasteiger charge is -2.06. The van der Waals surface area contributed by atoms with Crippen molar-refractivity contribution in [3.05, 3.63) is 41.6 Å². The van der Waals surface area contributed by atoms with Gasteiger partial charge in [0.2, 0.25) is 5.89 Å². The van der Waals surface area contributed by atoms with Gasteiger partial charge in [-0.1, -0.05) is 6.92 Å². The van der Waals surface area contributed by atoms with Crippen molar-refractivity contribution < 1.29 is 12.8 Å². The Labute approximate surface area is 125 Å². The molecule has 2 aromatic rings. The van der Waals surface area contributed by atoms with Gasteiger partial charge in [-0.15, -0.1) is 0 Å². The molecule has 2 rings (SSSR count). The summed E-state index contributed by atoms with van der Waals surface area (Å²) in [4.78, 5) is 4.64. The fourth-order valence-corrected chi connectivity index (χ4v) is 3.28. The predicted molar refractivity (Wildman–Crippen MR) is 82.1 cm³/mol. The second-order valence-electron chi connectivity index (χ2n) is 4.95. The fraction of sp³-hybridized carbons (Fsp3) is 0.400. The molecule has 0 aliphatic carbocycles. The number of sulfone groups is 1. The number of nitrogens with zero attached hydrogens (tertiary/aromatic N) is 1. The van der Waals surface area contributed by atoms with Gasteiger partial charge in [0.25, 0.3) is 0 Å². The molecule has 0 spiro atoms. The van der Waals surface area contributed by atoms with E-state index < -0.39 is 9.84 Å². The molecule has 0 radical (unpaired) electrons. The van der Waals surface area contributed by atoms with Crippen LogP contribution in [0.5, 0.6) is 0 Å². The average Bonchev–Trinajstić information content (AvgIpc) is 2.76. The average molecular weight is 308 g/mol. The fourth-order valence-electron chi connectivity index (χ4n) is 1.96. The van der Waals surface area contributed by atoms with E-state index in [0.717, 1.165) is 17.1 Å². The van der Waals surface area contributed by atoms with E-state index in [2.05, 4.69) is 10.3 Å². The van der Waals surface area contributed by atoms with Crippen LogP contribution >= 0.6 is 0 Å². The quantitative estimate of drug-likeness (QED) is 0.888. The summed E-state index contributed by atoms with van der Waals surface area (Å²) < 4.78 is 29.3. The molecule has 0 unspecified atom stereocenters. The Morgan fingerprint density at radius 3 is 2.38 bits per heavy atom. The van der Waals surface area contributed by atoms with E-state index >= 15 is 0 Å². The number of rotatable bonds is 6. The van der Waals surface area contributed by atoms with E-state index in [-0.39, 0.29) is 5.75 Å². The molecule has 5 nitrogen and oxygen atoms in total. The third-order valence-electron chi connectivity index (χ3n) is 3.20. The van der Waals surface area contributed by atoms with Gasteiger partial charge < -0.3 is 9.73 Å². The largest absolute Gasteiger partial charge is 0.444 e. The van der Waals surface area contributed by atoms with E-state index in [1.165, 1.54) is 0 Å². The number of oxazole rings is 1. The Bertz CT molecular complexity index is 684. The van der Waals surface area contributed by atoms with Crippen LogP contribution in [0.2, 0.25) is 0 Å². The predicted octanol–water partition coefficient (Wildman–Crippen LogP) is 3.09. The topological polar surface area (TPSA) is 72.2 Å². The molecule has 0 bridgehead atoms. The van der Waals surface area contributed by atoms with Gasteiger partial charge >= 0.3 is 0 Å². The first-order valence-electron chi connectivity index (χ1n) is 6.92. The summed E-state index contributed by atoms with van der Waals surface area (Å²) in [6.07, 6.45) is 0.616. The van der Waals surface area contributed by atoms with Crippen LogP contribution in [0.15, 0.2) is 33.6 Å². The van der Waals surface area contributed by atoms with Crippen molar-refractivity contribution in [1.82, 2.24) is 4.98 Å². The highest BCUT2D eigenvalue weighted by Crippen LogP contribution is 2.17. The maximum absolute atomic E-state index is 11.9. The first-order chi connectivity index (χ1) is 9.92. The van der Waals surface area contributed by atoms with Crippen LogP contribution in [0.3, 0.4) is 0 Å². The molecule has 1 N–H and O–H groups in total. The van der Waals surface area contributed by atoms with E-state index in [1.54, 1.807) is 24.3 Å². The lowest BCUT2D eigenvalue weighted by Crippen LogP contribution is -2.06. The van der Waals surface area contributed by atoms with Gasteiger partial charge in [0, 0.05) is 5.69 Å². The molecule has 0 atom stereocenters. The minimum Gasteiger partial charge on any atom is -0.444 e. The second kappa shape index (κ2) is 6.30. The molecule has 0 aliphatic heterocycles. The molecular formula is C15H20N2O3S. The van der Waals surface area contributed by atoms with Crippen LogP contribution in [0.1, 0.15) is 30.7 Å². The molecule has 0 saturated carbocycles. The summed E-state index contributed by atoms with van der Waals surface area (Å²) in [5.41, 5.74) is 1.71. The van der Waals surface area contributed by atoms with Crippen LogP contribution in [0.25, 0.3) is 0 Å². The molecule has 0 amide bonds. The number of hydrogen-bond acceptors (Lipinski definition) is 5. The zero-order chi connectivity index (χ0) is 15.5. The molecule has 1 aromatic heterocycles. The summed E-state index contributed by atoms with van der Waals surface area (Å²) >= 11 is 0. The summed E-state index contributed by atoms with van der Waals surface area (Å²) in [7, 11) is -3.16. The first kappa shape index (κ1) is 15.6. The summed E-state index contributed by atoms with van der Waals surface area (Å²) in [5, 5.41) is 3.16. The van der Waals surface area contributed by atoms with Crippen LogP contribution < -0.4 is 5.32 Å². The third-order valence-corrected chi connectivity index (χ3v) is 5.14. The Balaban J connectivity index is 2.03. The molecule has 0 fully saturated rings. The number of hydrogen-bond donors (Lipinski definition) is 1. The maximum Gasteiger partial charge on any atom is 0.213 e. The second-order valence-corrected chi connectivity index (χ2v) is 7.06. The van der Waals surface area contributed by atoms with Crippen molar-refractivity contribution >= 4 is 15.5 Å². The Morgan fingerprint density at radius 2 is 1.86 bits per heavy atom. The highest BCUT2D eigenvalue weighted by Gasteiger charge is 2.12. The van der Waals surface area contributed by atoms with Crippen molar-refractivity contribution in [2.75, 3.05) is 11.1 Å². The number of nitrogens with one attached hydrogen (secondary N) is 1. The maximum atomic E-state index is 11.9.